The lowest BCUT2D eigenvalue weighted by Gasteiger charge is -2.45. The van der Waals surface area contributed by atoms with E-state index in [-0.39, 0.29) is 17.0 Å². The Morgan fingerprint density at radius 3 is 2.93 bits per heavy atom. The second kappa shape index (κ2) is 7.15. The van der Waals surface area contributed by atoms with E-state index in [4.69, 9.17) is 11.6 Å². The van der Waals surface area contributed by atoms with Crippen LogP contribution in [0.15, 0.2) is 35.6 Å². The van der Waals surface area contributed by atoms with E-state index in [1.54, 1.807) is 6.21 Å². The van der Waals surface area contributed by atoms with Gasteiger partial charge in [0.25, 0.3) is 0 Å². The molecule has 0 saturated heterocycles. The molecule has 0 aliphatic carbocycles. The van der Waals surface area contributed by atoms with Crippen LogP contribution >= 0.6 is 11.6 Å². The molecular formula is C19H22ClN5O2. The third kappa shape index (κ3) is 3.73. The molecule has 7 nitrogen and oxygen atoms in total. The smallest absolute Gasteiger partial charge is 0.313 e. The van der Waals surface area contributed by atoms with Crippen LogP contribution in [0.1, 0.15) is 44.2 Å². The van der Waals surface area contributed by atoms with E-state index in [2.05, 4.69) is 48.2 Å². The van der Waals surface area contributed by atoms with Crippen LogP contribution in [0.25, 0.3) is 0 Å². The van der Waals surface area contributed by atoms with E-state index in [0.29, 0.717) is 10.9 Å². The van der Waals surface area contributed by atoms with Gasteiger partial charge in [0.2, 0.25) is 5.82 Å². The summed E-state index contributed by atoms with van der Waals surface area (Å²) < 4.78 is 0. The zero-order valence-corrected chi connectivity index (χ0v) is 16.5. The molecule has 8 heteroatoms. The number of nitro groups is 1. The highest BCUT2D eigenvalue weighted by molar-refractivity contribution is 6.33. The number of hydrogen-bond acceptors (Lipinski definition) is 6. The van der Waals surface area contributed by atoms with E-state index >= 15 is 0 Å². The highest BCUT2D eigenvalue weighted by Gasteiger charge is 2.34. The Bertz CT molecular complexity index is 913. The monoisotopic (exact) mass is 387 g/mol. The van der Waals surface area contributed by atoms with Gasteiger partial charge in [-0.25, -0.2) is 4.98 Å². The highest BCUT2D eigenvalue weighted by Crippen LogP contribution is 2.44. The summed E-state index contributed by atoms with van der Waals surface area (Å²) in [5, 5.41) is 15.7. The third-order valence-corrected chi connectivity index (χ3v) is 5.44. The van der Waals surface area contributed by atoms with Gasteiger partial charge in [-0.3, -0.25) is 15.5 Å². The van der Waals surface area contributed by atoms with Crippen LogP contribution in [0.2, 0.25) is 5.02 Å². The van der Waals surface area contributed by atoms with Gasteiger partial charge in [-0.2, -0.15) is 5.10 Å². The first-order chi connectivity index (χ1) is 12.7. The summed E-state index contributed by atoms with van der Waals surface area (Å²) in [4.78, 5) is 16.7. The Labute approximate surface area is 163 Å². The highest BCUT2D eigenvalue weighted by atomic mass is 35.5. The van der Waals surface area contributed by atoms with Crippen molar-refractivity contribution in [2.45, 2.75) is 38.6 Å². The lowest BCUT2D eigenvalue weighted by atomic mass is 9.80. The molecule has 1 aromatic heterocycles. The van der Waals surface area contributed by atoms with Crippen molar-refractivity contribution >= 4 is 35.0 Å². The van der Waals surface area contributed by atoms with Crippen LogP contribution in [-0.2, 0) is 0 Å². The van der Waals surface area contributed by atoms with Gasteiger partial charge in [0.05, 0.1) is 16.2 Å². The van der Waals surface area contributed by atoms with Gasteiger partial charge in [-0.05, 0) is 49.9 Å². The standard InChI is InChI=1S/C19H22ClN5O2/c1-12-10-19(2,3)24(4)17-9-15(20)13(8-14(12)17)11-22-23-18-16(25(26)27)6-5-7-21-18/h5-9,11-12H,10H2,1-4H3,(H,21,23)/b22-11-/t12-/m1/s1. The van der Waals surface area contributed by atoms with E-state index < -0.39 is 4.92 Å². The quantitative estimate of drug-likeness (QED) is 0.462. The van der Waals surface area contributed by atoms with Gasteiger partial charge in [0.15, 0.2) is 0 Å². The molecule has 0 spiro atoms. The van der Waals surface area contributed by atoms with Crippen LogP contribution in [0.5, 0.6) is 0 Å². The molecule has 3 rings (SSSR count). The number of hydrogen-bond donors (Lipinski definition) is 1. The van der Waals surface area contributed by atoms with Crippen molar-refractivity contribution in [3.63, 3.8) is 0 Å². The predicted octanol–water partition coefficient (Wildman–Crippen LogP) is 4.81. The average molecular weight is 388 g/mol. The Morgan fingerprint density at radius 1 is 1.48 bits per heavy atom. The molecule has 1 aliphatic rings. The molecule has 1 N–H and O–H groups in total. The zero-order chi connectivity index (χ0) is 19.8. The van der Waals surface area contributed by atoms with Crippen molar-refractivity contribution in [3.05, 3.63) is 56.7 Å². The first-order valence-electron chi connectivity index (χ1n) is 8.66. The number of hydrazone groups is 1. The maximum absolute atomic E-state index is 11.0. The first kappa shape index (κ1) is 19.1. The topological polar surface area (TPSA) is 83.7 Å². The Kier molecular flexibility index (Phi) is 5.06. The average Bonchev–Trinajstić information content (AvgIpc) is 2.60. The minimum Gasteiger partial charge on any atom is -0.369 e. The molecule has 2 heterocycles. The summed E-state index contributed by atoms with van der Waals surface area (Å²) in [7, 11) is 2.08. The number of benzene rings is 1. The molecule has 0 saturated carbocycles. The van der Waals surface area contributed by atoms with Crippen molar-refractivity contribution in [2.75, 3.05) is 17.4 Å². The van der Waals surface area contributed by atoms with Gasteiger partial charge >= 0.3 is 5.69 Å². The first-order valence-corrected chi connectivity index (χ1v) is 9.04. The summed E-state index contributed by atoms with van der Waals surface area (Å²) in [6, 6.07) is 6.87. The van der Waals surface area contributed by atoms with E-state index in [0.717, 1.165) is 17.7 Å². The molecule has 0 radical (unpaired) electrons. The van der Waals surface area contributed by atoms with Crippen molar-refractivity contribution in [1.82, 2.24) is 4.98 Å². The fourth-order valence-electron chi connectivity index (χ4n) is 3.50. The van der Waals surface area contributed by atoms with E-state index in [9.17, 15) is 10.1 Å². The third-order valence-electron chi connectivity index (χ3n) is 5.11. The number of halogens is 1. The largest absolute Gasteiger partial charge is 0.369 e. The summed E-state index contributed by atoms with van der Waals surface area (Å²) in [5.74, 6) is 0.475. The van der Waals surface area contributed by atoms with Crippen molar-refractivity contribution < 1.29 is 4.92 Å². The van der Waals surface area contributed by atoms with Crippen molar-refractivity contribution in [2.24, 2.45) is 5.10 Å². The number of anilines is 2. The summed E-state index contributed by atoms with van der Waals surface area (Å²) in [6.45, 7) is 6.65. The van der Waals surface area contributed by atoms with Crippen LogP contribution in [-0.4, -0.2) is 28.7 Å². The number of aromatic nitrogens is 1. The van der Waals surface area contributed by atoms with Crippen LogP contribution in [0, 0.1) is 10.1 Å². The number of pyridine rings is 1. The summed E-state index contributed by atoms with van der Waals surface area (Å²) >= 11 is 6.46. The van der Waals surface area contributed by atoms with Crippen molar-refractivity contribution in [1.29, 1.82) is 0 Å². The fraction of sp³-hybridized carbons (Fsp3) is 0.368. The molecule has 1 aromatic carbocycles. The fourth-order valence-corrected chi connectivity index (χ4v) is 3.70. The molecule has 0 unspecified atom stereocenters. The summed E-state index contributed by atoms with van der Waals surface area (Å²) in [5.41, 5.74) is 5.64. The molecule has 27 heavy (non-hydrogen) atoms. The van der Waals surface area contributed by atoms with Gasteiger partial charge in [-0.15, -0.1) is 0 Å². The molecule has 2 aromatic rings. The van der Waals surface area contributed by atoms with Gasteiger partial charge in [0.1, 0.15) is 0 Å². The maximum atomic E-state index is 11.0. The Balaban J connectivity index is 1.88. The summed E-state index contributed by atoms with van der Waals surface area (Å²) in [6.07, 6.45) is 4.07. The zero-order valence-electron chi connectivity index (χ0n) is 15.7. The molecule has 1 atom stereocenters. The SMILES string of the molecule is C[C@@H]1CC(C)(C)N(C)c2cc(Cl)c(/C=N\Nc3ncccc3[N+](=O)[O-])cc21. The molecule has 0 fully saturated rings. The Morgan fingerprint density at radius 2 is 2.22 bits per heavy atom. The minimum absolute atomic E-state index is 0.0603. The number of nitrogens with zero attached hydrogens (tertiary/aromatic N) is 4. The van der Waals surface area contributed by atoms with Crippen LogP contribution in [0.4, 0.5) is 17.2 Å². The van der Waals surface area contributed by atoms with Crippen molar-refractivity contribution in [3.8, 4) is 0 Å². The lowest BCUT2D eigenvalue weighted by molar-refractivity contribution is -0.384. The molecule has 0 bridgehead atoms. The second-order valence-electron chi connectivity index (χ2n) is 7.41. The number of rotatable bonds is 4. The van der Waals surface area contributed by atoms with Crippen LogP contribution < -0.4 is 10.3 Å². The predicted molar refractivity (Wildman–Crippen MR) is 109 cm³/mol. The molecule has 142 valence electrons. The molecular weight excluding hydrogens is 366 g/mol. The lowest BCUT2D eigenvalue weighted by Crippen LogP contribution is -2.45. The molecule has 0 amide bonds. The van der Waals surface area contributed by atoms with Crippen LogP contribution in [0.3, 0.4) is 0 Å². The normalized spacial score (nSPS) is 18.4. The van der Waals surface area contributed by atoms with Gasteiger partial charge in [0, 0.05) is 36.1 Å². The Hall–Kier alpha value is -2.67. The van der Waals surface area contributed by atoms with E-state index in [1.165, 1.54) is 23.9 Å². The number of nitrogens with one attached hydrogen (secondary N) is 1. The van der Waals surface area contributed by atoms with Gasteiger partial charge in [-0.1, -0.05) is 18.5 Å². The molecule has 1 aliphatic heterocycles. The van der Waals surface area contributed by atoms with Gasteiger partial charge < -0.3 is 4.90 Å². The minimum atomic E-state index is -0.504. The second-order valence-corrected chi connectivity index (χ2v) is 7.81. The number of fused-ring (bicyclic) bond motifs is 1. The maximum Gasteiger partial charge on any atom is 0.313 e. The van der Waals surface area contributed by atoms with E-state index in [1.807, 2.05) is 12.1 Å².